The second-order valence-electron chi connectivity index (χ2n) is 4.92. The Morgan fingerprint density at radius 3 is 2.81 bits per heavy atom. The van der Waals surface area contributed by atoms with Gasteiger partial charge in [0, 0.05) is 23.6 Å². The molecule has 1 heterocycles. The van der Waals surface area contributed by atoms with Gasteiger partial charge >= 0.3 is 0 Å². The van der Waals surface area contributed by atoms with Gasteiger partial charge in [-0.05, 0) is 30.3 Å². The molecule has 0 fully saturated rings. The molecule has 0 spiro atoms. The Morgan fingerprint density at radius 2 is 2.00 bits per heavy atom. The van der Waals surface area contributed by atoms with Crippen molar-refractivity contribution >= 4 is 27.0 Å². The van der Waals surface area contributed by atoms with Crippen LogP contribution in [-0.2, 0) is 20.1 Å². The normalized spacial score (nSPS) is 11.2. The molecule has 0 aliphatic rings. The third-order valence-corrected chi connectivity index (χ3v) is 3.98. The summed E-state index contributed by atoms with van der Waals surface area (Å²) < 4.78 is 16.6. The molecule has 0 radical (unpaired) electrons. The maximum absolute atomic E-state index is 13.7. The molecule has 21 heavy (non-hydrogen) atoms. The lowest BCUT2D eigenvalue weighted by molar-refractivity contribution is 0.578. The van der Waals surface area contributed by atoms with Gasteiger partial charge in [0.2, 0.25) is 0 Å². The maximum atomic E-state index is 13.7. The van der Waals surface area contributed by atoms with E-state index in [1.165, 1.54) is 6.07 Å². The van der Waals surface area contributed by atoms with Crippen molar-refractivity contribution in [3.05, 3.63) is 64.1 Å². The summed E-state index contributed by atoms with van der Waals surface area (Å²) in [6.45, 7) is 1.06. The maximum Gasteiger partial charge on any atom is 0.127 e. The van der Waals surface area contributed by atoms with E-state index in [4.69, 9.17) is 0 Å². The number of hydrogen-bond donors (Lipinski definition) is 1. The Bertz CT molecular complexity index is 782. The first-order valence-corrected chi connectivity index (χ1v) is 7.49. The second kappa shape index (κ2) is 5.95. The highest BCUT2D eigenvalue weighted by molar-refractivity contribution is 9.10. The van der Waals surface area contributed by atoms with Gasteiger partial charge in [0.25, 0.3) is 0 Å². The number of nitrogens with one attached hydrogen (secondary N) is 1. The summed E-state index contributed by atoms with van der Waals surface area (Å²) >= 11 is 3.36. The van der Waals surface area contributed by atoms with Crippen LogP contribution in [0.4, 0.5) is 4.39 Å². The molecular weight excluding hydrogens is 333 g/mol. The monoisotopic (exact) mass is 347 g/mol. The number of benzene rings is 2. The topological polar surface area (TPSA) is 29.9 Å². The van der Waals surface area contributed by atoms with Crippen molar-refractivity contribution in [2.75, 3.05) is 0 Å². The highest BCUT2D eigenvalue weighted by atomic mass is 79.9. The smallest absolute Gasteiger partial charge is 0.127 e. The molecule has 1 N–H and O–H groups in total. The number of aryl methyl sites for hydroxylation is 1. The summed E-state index contributed by atoms with van der Waals surface area (Å²) in [5.41, 5.74) is 2.72. The summed E-state index contributed by atoms with van der Waals surface area (Å²) in [5, 5.41) is 3.24. The molecule has 3 aromatic rings. The minimum Gasteiger partial charge on any atom is -0.330 e. The molecule has 0 aliphatic heterocycles. The molecule has 0 saturated heterocycles. The molecule has 5 heteroatoms. The van der Waals surface area contributed by atoms with Crippen molar-refractivity contribution < 1.29 is 4.39 Å². The lowest BCUT2D eigenvalue weighted by atomic mass is 10.2. The highest BCUT2D eigenvalue weighted by Gasteiger charge is 2.07. The van der Waals surface area contributed by atoms with Gasteiger partial charge < -0.3 is 9.88 Å². The van der Waals surface area contributed by atoms with E-state index in [-0.39, 0.29) is 5.82 Å². The van der Waals surface area contributed by atoms with Crippen LogP contribution in [0.1, 0.15) is 11.4 Å². The molecule has 2 aromatic carbocycles. The third-order valence-electron chi connectivity index (χ3n) is 3.49. The zero-order valence-electron chi connectivity index (χ0n) is 11.6. The van der Waals surface area contributed by atoms with E-state index in [1.807, 2.05) is 31.3 Å². The highest BCUT2D eigenvalue weighted by Crippen LogP contribution is 2.16. The van der Waals surface area contributed by atoms with Crippen LogP contribution in [0.3, 0.4) is 0 Å². The van der Waals surface area contributed by atoms with Crippen LogP contribution >= 0.6 is 15.9 Å². The van der Waals surface area contributed by atoms with E-state index in [9.17, 15) is 4.39 Å². The van der Waals surface area contributed by atoms with Gasteiger partial charge in [-0.15, -0.1) is 0 Å². The Balaban J connectivity index is 1.72. The first-order chi connectivity index (χ1) is 10.1. The van der Waals surface area contributed by atoms with E-state index in [0.29, 0.717) is 18.7 Å². The van der Waals surface area contributed by atoms with E-state index in [1.54, 1.807) is 12.1 Å². The Hall–Kier alpha value is -1.72. The number of fused-ring (bicyclic) bond motifs is 1. The predicted octanol–water partition coefficient (Wildman–Crippen LogP) is 3.76. The first-order valence-electron chi connectivity index (χ1n) is 6.70. The molecule has 0 saturated carbocycles. The van der Waals surface area contributed by atoms with Crippen molar-refractivity contribution in [2.45, 2.75) is 13.1 Å². The zero-order valence-corrected chi connectivity index (χ0v) is 13.2. The average Bonchev–Trinajstić information content (AvgIpc) is 2.80. The number of para-hydroxylation sites is 2. The van der Waals surface area contributed by atoms with Crippen molar-refractivity contribution in [1.82, 2.24) is 14.9 Å². The van der Waals surface area contributed by atoms with E-state index >= 15 is 0 Å². The van der Waals surface area contributed by atoms with Crippen LogP contribution in [0.15, 0.2) is 46.9 Å². The van der Waals surface area contributed by atoms with Crippen LogP contribution in [0.25, 0.3) is 11.0 Å². The fraction of sp³-hybridized carbons (Fsp3) is 0.188. The molecule has 1 aromatic heterocycles. The van der Waals surface area contributed by atoms with Crippen LogP contribution in [0.5, 0.6) is 0 Å². The van der Waals surface area contributed by atoms with Gasteiger partial charge in [-0.25, -0.2) is 9.37 Å². The zero-order chi connectivity index (χ0) is 14.8. The van der Waals surface area contributed by atoms with E-state index < -0.39 is 0 Å². The van der Waals surface area contributed by atoms with Crippen LogP contribution < -0.4 is 5.32 Å². The molecule has 3 rings (SSSR count). The number of nitrogens with zero attached hydrogens (tertiary/aromatic N) is 2. The second-order valence-corrected chi connectivity index (χ2v) is 5.83. The quantitative estimate of drug-likeness (QED) is 0.778. The fourth-order valence-electron chi connectivity index (χ4n) is 2.34. The van der Waals surface area contributed by atoms with Crippen LogP contribution in [0.2, 0.25) is 0 Å². The molecule has 0 bridgehead atoms. The summed E-state index contributed by atoms with van der Waals surface area (Å²) in [4.78, 5) is 4.58. The molecule has 3 nitrogen and oxygen atoms in total. The number of rotatable bonds is 4. The van der Waals surface area contributed by atoms with E-state index in [0.717, 1.165) is 21.3 Å². The minimum absolute atomic E-state index is 0.198. The standard InChI is InChI=1S/C16H15BrFN3/c1-21-15-5-3-2-4-14(15)20-16(21)10-19-9-11-8-12(17)6-7-13(11)18/h2-8,19H,9-10H2,1H3. The lowest BCUT2D eigenvalue weighted by Crippen LogP contribution is -2.16. The van der Waals surface area contributed by atoms with Crippen molar-refractivity contribution in [2.24, 2.45) is 7.05 Å². The van der Waals surface area contributed by atoms with Gasteiger partial charge in [0.05, 0.1) is 17.6 Å². The first kappa shape index (κ1) is 14.2. The molecule has 0 aliphatic carbocycles. The largest absolute Gasteiger partial charge is 0.330 e. The summed E-state index contributed by atoms with van der Waals surface area (Å²) in [5.74, 6) is 0.738. The SMILES string of the molecule is Cn1c(CNCc2cc(Br)ccc2F)nc2ccccc21. The molecule has 0 unspecified atom stereocenters. The van der Waals surface area contributed by atoms with Crippen molar-refractivity contribution in [3.63, 3.8) is 0 Å². The third kappa shape index (κ3) is 2.99. The Kier molecular flexibility index (Phi) is 4.03. The van der Waals surface area contributed by atoms with Gasteiger partial charge in [0.1, 0.15) is 11.6 Å². The van der Waals surface area contributed by atoms with Gasteiger partial charge in [-0.3, -0.25) is 0 Å². The molecule has 108 valence electrons. The number of halogens is 2. The molecule has 0 amide bonds. The predicted molar refractivity (Wildman–Crippen MR) is 85.4 cm³/mol. The Labute approximate surface area is 130 Å². The fourth-order valence-corrected chi connectivity index (χ4v) is 2.75. The van der Waals surface area contributed by atoms with Gasteiger partial charge in [-0.1, -0.05) is 28.1 Å². The minimum atomic E-state index is -0.198. The van der Waals surface area contributed by atoms with Gasteiger partial charge in [0.15, 0.2) is 0 Å². The van der Waals surface area contributed by atoms with Crippen LogP contribution in [-0.4, -0.2) is 9.55 Å². The van der Waals surface area contributed by atoms with E-state index in [2.05, 4.69) is 30.8 Å². The average molecular weight is 348 g/mol. The number of aromatic nitrogens is 2. The molecular formula is C16H15BrFN3. The summed E-state index contributed by atoms with van der Waals surface area (Å²) in [6.07, 6.45) is 0. The Morgan fingerprint density at radius 1 is 1.19 bits per heavy atom. The summed E-state index contributed by atoms with van der Waals surface area (Å²) in [7, 11) is 1.99. The number of imidazole rings is 1. The summed E-state index contributed by atoms with van der Waals surface area (Å²) in [6, 6.07) is 13.0. The number of hydrogen-bond acceptors (Lipinski definition) is 2. The molecule has 0 atom stereocenters. The van der Waals surface area contributed by atoms with Crippen molar-refractivity contribution in [1.29, 1.82) is 0 Å². The van der Waals surface area contributed by atoms with Crippen molar-refractivity contribution in [3.8, 4) is 0 Å². The van der Waals surface area contributed by atoms with Gasteiger partial charge in [-0.2, -0.15) is 0 Å². The lowest BCUT2D eigenvalue weighted by Gasteiger charge is -2.07. The van der Waals surface area contributed by atoms with Crippen LogP contribution in [0, 0.1) is 5.82 Å².